The third-order valence-corrected chi connectivity index (χ3v) is 5.82. The van der Waals surface area contributed by atoms with Crippen LogP contribution in [0.1, 0.15) is 42.7 Å². The molecular formula is C20H20F2IN3O2. The van der Waals surface area contributed by atoms with Crippen molar-refractivity contribution in [1.29, 1.82) is 0 Å². The number of hydrogen-bond acceptors (Lipinski definition) is 4. The van der Waals surface area contributed by atoms with Gasteiger partial charge in [-0.15, -0.1) is 0 Å². The number of halogens is 3. The molecule has 0 aliphatic carbocycles. The molecule has 1 fully saturated rings. The molecule has 1 aliphatic heterocycles. The van der Waals surface area contributed by atoms with Crippen molar-refractivity contribution >= 4 is 33.5 Å². The first-order valence-corrected chi connectivity index (χ1v) is 10.3. The molecule has 1 saturated heterocycles. The van der Waals surface area contributed by atoms with Gasteiger partial charge in [0.15, 0.2) is 6.23 Å². The van der Waals surface area contributed by atoms with Crippen molar-refractivity contribution in [2.75, 3.05) is 20.3 Å². The summed E-state index contributed by atoms with van der Waals surface area (Å²) < 4.78 is 42.0. The highest BCUT2D eigenvalue weighted by atomic mass is 127. The molecule has 2 atom stereocenters. The Morgan fingerprint density at radius 1 is 1.32 bits per heavy atom. The molecule has 0 saturated carbocycles. The molecule has 28 heavy (non-hydrogen) atoms. The molecule has 3 aromatic rings. The molecule has 1 aromatic carbocycles. The highest BCUT2D eigenvalue weighted by molar-refractivity contribution is 14.1. The molecule has 2 unspecified atom stereocenters. The predicted molar refractivity (Wildman–Crippen MR) is 109 cm³/mol. The van der Waals surface area contributed by atoms with E-state index in [2.05, 4.69) is 32.7 Å². The Bertz CT molecular complexity index is 989. The van der Waals surface area contributed by atoms with E-state index in [-0.39, 0.29) is 18.4 Å². The van der Waals surface area contributed by atoms with Crippen LogP contribution in [-0.2, 0) is 9.47 Å². The zero-order valence-electron chi connectivity index (χ0n) is 15.4. The van der Waals surface area contributed by atoms with E-state index in [0.29, 0.717) is 5.69 Å². The van der Waals surface area contributed by atoms with E-state index >= 15 is 0 Å². The molecule has 1 aliphatic rings. The second-order valence-electron chi connectivity index (χ2n) is 6.86. The van der Waals surface area contributed by atoms with Gasteiger partial charge in [0.2, 0.25) is 0 Å². The number of benzene rings is 1. The molecule has 3 heterocycles. The van der Waals surface area contributed by atoms with E-state index in [4.69, 9.17) is 9.47 Å². The normalized spacial score (nSPS) is 18.5. The maximum atomic E-state index is 14.4. The van der Waals surface area contributed by atoms with E-state index in [9.17, 15) is 8.78 Å². The summed E-state index contributed by atoms with van der Waals surface area (Å²) >= 11 is 2.18. The summed E-state index contributed by atoms with van der Waals surface area (Å²) in [4.78, 5) is 4.55. The Kier molecular flexibility index (Phi) is 5.88. The summed E-state index contributed by atoms with van der Waals surface area (Å²) in [5.74, 6) is -1.49. The number of nitrogens with zero attached hydrogens (tertiary/aromatic N) is 3. The van der Waals surface area contributed by atoms with Gasteiger partial charge in [-0.25, -0.2) is 13.5 Å². The van der Waals surface area contributed by atoms with E-state index in [1.54, 1.807) is 6.20 Å². The van der Waals surface area contributed by atoms with E-state index in [1.807, 2.05) is 10.7 Å². The van der Waals surface area contributed by atoms with Crippen molar-refractivity contribution in [3.8, 4) is 0 Å². The topological polar surface area (TPSA) is 49.2 Å². The van der Waals surface area contributed by atoms with E-state index in [1.165, 1.54) is 13.2 Å². The zero-order valence-corrected chi connectivity index (χ0v) is 17.5. The van der Waals surface area contributed by atoms with E-state index < -0.39 is 17.6 Å². The van der Waals surface area contributed by atoms with Gasteiger partial charge in [-0.2, -0.15) is 5.10 Å². The molecule has 0 radical (unpaired) electrons. The SMILES string of the molecule is COCC(c1cc2c(I)nn(C3CCCCO3)c2cn1)c1cc(F)ccc1F. The quantitative estimate of drug-likeness (QED) is 0.474. The van der Waals surface area contributed by atoms with Gasteiger partial charge >= 0.3 is 0 Å². The first-order chi connectivity index (χ1) is 13.6. The molecule has 8 heteroatoms. The Balaban J connectivity index is 1.77. The van der Waals surface area contributed by atoms with Gasteiger partial charge in [-0.1, -0.05) is 0 Å². The molecule has 5 nitrogen and oxygen atoms in total. The summed E-state index contributed by atoms with van der Waals surface area (Å²) in [6.07, 6.45) is 4.71. The lowest BCUT2D eigenvalue weighted by atomic mass is 9.94. The van der Waals surface area contributed by atoms with Gasteiger partial charge in [0.05, 0.1) is 29.9 Å². The smallest absolute Gasteiger partial charge is 0.150 e. The van der Waals surface area contributed by atoms with E-state index in [0.717, 1.165) is 52.6 Å². The lowest BCUT2D eigenvalue weighted by Gasteiger charge is -2.23. The number of fused-ring (bicyclic) bond motifs is 1. The summed E-state index contributed by atoms with van der Waals surface area (Å²) in [7, 11) is 1.53. The molecule has 148 valence electrons. The summed E-state index contributed by atoms with van der Waals surface area (Å²) in [5.41, 5.74) is 1.71. The van der Waals surface area contributed by atoms with Crippen LogP contribution in [0.4, 0.5) is 8.78 Å². The summed E-state index contributed by atoms with van der Waals surface area (Å²) in [6.45, 7) is 0.915. The summed E-state index contributed by atoms with van der Waals surface area (Å²) in [6, 6.07) is 5.33. The van der Waals surface area contributed by atoms with Crippen LogP contribution >= 0.6 is 22.6 Å². The van der Waals surface area contributed by atoms with Crippen molar-refractivity contribution in [2.45, 2.75) is 31.4 Å². The molecule has 2 aromatic heterocycles. The van der Waals surface area contributed by atoms with Crippen molar-refractivity contribution in [1.82, 2.24) is 14.8 Å². The number of methoxy groups -OCH3 is 1. The third-order valence-electron chi connectivity index (χ3n) is 5.02. The van der Waals surface area contributed by atoms with Crippen LogP contribution in [0.15, 0.2) is 30.5 Å². The van der Waals surface area contributed by atoms with Gasteiger partial charge in [-0.3, -0.25) is 4.98 Å². The molecule has 4 rings (SSSR count). The maximum absolute atomic E-state index is 14.4. The molecule has 0 spiro atoms. The first kappa shape index (κ1) is 19.7. The fraction of sp³-hybridized carbons (Fsp3) is 0.400. The fourth-order valence-corrected chi connectivity index (χ4v) is 4.29. The highest BCUT2D eigenvalue weighted by Gasteiger charge is 2.24. The number of rotatable bonds is 5. The predicted octanol–water partition coefficient (Wildman–Crippen LogP) is 4.79. The maximum Gasteiger partial charge on any atom is 0.150 e. The van der Waals surface area contributed by atoms with Gasteiger partial charge in [0.25, 0.3) is 0 Å². The van der Waals surface area contributed by atoms with Crippen LogP contribution in [0.2, 0.25) is 0 Å². The van der Waals surface area contributed by atoms with Crippen molar-refractivity contribution in [2.24, 2.45) is 0 Å². The van der Waals surface area contributed by atoms with Crippen molar-refractivity contribution in [3.63, 3.8) is 0 Å². The number of ether oxygens (including phenoxy) is 2. The number of hydrogen-bond donors (Lipinski definition) is 0. The van der Waals surface area contributed by atoms with Crippen LogP contribution in [0.5, 0.6) is 0 Å². The van der Waals surface area contributed by atoms with Crippen molar-refractivity contribution in [3.05, 3.63) is 57.1 Å². The van der Waals surface area contributed by atoms with Gasteiger partial charge in [-0.05, 0) is 66.1 Å². The van der Waals surface area contributed by atoms with Gasteiger partial charge in [0, 0.05) is 24.7 Å². The molecule has 0 bridgehead atoms. The average molecular weight is 499 g/mol. The van der Waals surface area contributed by atoms with Crippen LogP contribution in [0, 0.1) is 15.3 Å². The number of pyridine rings is 1. The minimum absolute atomic E-state index is 0.0946. The van der Waals surface area contributed by atoms with Crippen LogP contribution in [0.3, 0.4) is 0 Å². The standard InChI is InChI=1S/C20H20F2IN3O2/c1-27-11-15(13-8-12(21)5-6-16(13)22)17-9-14-18(10-24-17)26(25-20(14)23)19-4-2-3-7-28-19/h5-6,8-10,15,19H,2-4,7,11H2,1H3. The molecular weight excluding hydrogens is 479 g/mol. The van der Waals surface area contributed by atoms with Crippen molar-refractivity contribution < 1.29 is 18.3 Å². The largest absolute Gasteiger partial charge is 0.384 e. The minimum atomic E-state index is -0.518. The Labute approximate surface area is 175 Å². The Morgan fingerprint density at radius 3 is 2.93 bits per heavy atom. The lowest BCUT2D eigenvalue weighted by Crippen LogP contribution is -2.19. The summed E-state index contributed by atoms with van der Waals surface area (Å²) in [5, 5.41) is 5.55. The first-order valence-electron chi connectivity index (χ1n) is 9.17. The lowest BCUT2D eigenvalue weighted by molar-refractivity contribution is -0.0369. The monoisotopic (exact) mass is 499 g/mol. The number of aromatic nitrogens is 3. The van der Waals surface area contributed by atoms with Gasteiger partial charge < -0.3 is 9.47 Å². The van der Waals surface area contributed by atoms with Crippen LogP contribution in [-0.4, -0.2) is 35.1 Å². The van der Waals surface area contributed by atoms with Gasteiger partial charge in [0.1, 0.15) is 15.3 Å². The van der Waals surface area contributed by atoms with Crippen LogP contribution < -0.4 is 0 Å². The second kappa shape index (κ2) is 8.38. The average Bonchev–Trinajstić information content (AvgIpc) is 3.05. The highest BCUT2D eigenvalue weighted by Crippen LogP contribution is 2.32. The van der Waals surface area contributed by atoms with Crippen LogP contribution in [0.25, 0.3) is 10.9 Å². The Hall–Kier alpha value is -1.65. The second-order valence-corrected chi connectivity index (χ2v) is 7.88. The molecule has 0 N–H and O–H groups in total. The minimum Gasteiger partial charge on any atom is -0.384 e. The Morgan fingerprint density at radius 2 is 2.18 bits per heavy atom. The third kappa shape index (κ3) is 3.77. The zero-order chi connectivity index (χ0) is 19.7. The fourth-order valence-electron chi connectivity index (χ4n) is 3.62. The molecule has 0 amide bonds.